The molecule has 1 unspecified atom stereocenters. The molecular weight excluding hydrogens is 427 g/mol. The number of halogens is 3. The number of nitrogens with one attached hydrogen (secondary N) is 1. The van der Waals surface area contributed by atoms with E-state index in [9.17, 15) is 22.8 Å². The van der Waals surface area contributed by atoms with E-state index in [1.807, 2.05) is 0 Å². The smallest absolute Gasteiger partial charge is 0.317 e. The number of rotatable bonds is 3. The van der Waals surface area contributed by atoms with Crippen molar-refractivity contribution in [1.82, 2.24) is 24.7 Å². The molecule has 0 radical (unpaired) electrons. The van der Waals surface area contributed by atoms with Crippen molar-refractivity contribution in [3.63, 3.8) is 0 Å². The van der Waals surface area contributed by atoms with Gasteiger partial charge >= 0.3 is 6.03 Å². The summed E-state index contributed by atoms with van der Waals surface area (Å²) in [5, 5.41) is 2.77. The van der Waals surface area contributed by atoms with Crippen molar-refractivity contribution in [2.24, 2.45) is 5.73 Å². The zero-order valence-electron chi connectivity index (χ0n) is 17.3. The lowest BCUT2D eigenvalue weighted by Gasteiger charge is -2.37. The van der Waals surface area contributed by atoms with Crippen LogP contribution in [0.25, 0.3) is 11.0 Å². The normalized spacial score (nSPS) is 25.9. The Hall–Kier alpha value is -3.02. The van der Waals surface area contributed by atoms with Gasteiger partial charge in [0.2, 0.25) is 11.9 Å². The number of nitrogens with zero attached hydrogens (tertiary/aromatic N) is 5. The van der Waals surface area contributed by atoms with Crippen molar-refractivity contribution in [1.29, 1.82) is 0 Å². The number of amides is 3. The van der Waals surface area contributed by atoms with Gasteiger partial charge in [-0.05, 0) is 6.42 Å². The number of nitrogens with two attached hydrogens (primary N) is 1. The molecule has 3 aliphatic heterocycles. The number of piperazine rings is 1. The number of anilines is 1. The molecule has 0 spiro atoms. The van der Waals surface area contributed by atoms with Gasteiger partial charge < -0.3 is 30.3 Å². The first kappa shape index (κ1) is 20.9. The number of aromatic nitrogens is 2. The molecule has 32 heavy (non-hydrogen) atoms. The van der Waals surface area contributed by atoms with Gasteiger partial charge in [-0.15, -0.1) is 0 Å². The molecule has 0 bridgehead atoms. The molecule has 5 rings (SSSR count). The number of alkyl halides is 1. The molecule has 172 valence electrons. The van der Waals surface area contributed by atoms with E-state index in [4.69, 9.17) is 5.73 Å². The molecule has 1 aromatic heterocycles. The van der Waals surface area contributed by atoms with E-state index >= 15 is 0 Å². The molecule has 3 atom stereocenters. The molecule has 3 saturated heterocycles. The SMILES string of the molecule is N[C@@H]1CN(c2nc3cc(F)c(F)cc3n2CC(=O)N2CCN3C(=O)NCC3C2)CC[C@H]1F. The first-order valence-electron chi connectivity index (χ1n) is 10.6. The quantitative estimate of drug-likeness (QED) is 0.705. The average Bonchev–Trinajstić information content (AvgIpc) is 3.31. The molecule has 4 heterocycles. The van der Waals surface area contributed by atoms with E-state index in [1.54, 1.807) is 14.7 Å². The molecule has 3 aliphatic rings. The zero-order valence-corrected chi connectivity index (χ0v) is 17.3. The van der Waals surface area contributed by atoms with Crippen LogP contribution in [0.2, 0.25) is 0 Å². The highest BCUT2D eigenvalue weighted by Gasteiger charge is 2.37. The summed E-state index contributed by atoms with van der Waals surface area (Å²) in [6, 6.07) is 1.07. The first-order valence-corrected chi connectivity index (χ1v) is 10.6. The van der Waals surface area contributed by atoms with Gasteiger partial charge in [-0.2, -0.15) is 0 Å². The number of benzene rings is 1. The van der Waals surface area contributed by atoms with E-state index in [2.05, 4.69) is 10.3 Å². The lowest BCUT2D eigenvalue weighted by Crippen LogP contribution is -2.54. The molecule has 3 fully saturated rings. The van der Waals surface area contributed by atoms with Gasteiger partial charge in [-0.1, -0.05) is 0 Å². The Labute approximate surface area is 181 Å². The second-order valence-corrected chi connectivity index (χ2v) is 8.54. The fourth-order valence-electron chi connectivity index (χ4n) is 4.71. The summed E-state index contributed by atoms with van der Waals surface area (Å²) in [5.74, 6) is -1.97. The predicted octanol–water partition coefficient (Wildman–Crippen LogP) is 0.426. The Morgan fingerprint density at radius 1 is 1.19 bits per heavy atom. The molecule has 9 nitrogen and oxygen atoms in total. The Bertz CT molecular complexity index is 1080. The standard InChI is InChI=1S/C20H24F3N7O2/c21-12-1-2-28(9-15(12)24)19-26-16-5-13(22)14(23)6-17(16)30(19)10-18(31)27-3-4-29-11(8-27)7-25-20(29)32/h5-6,11-12,15H,1-4,7-10,24H2,(H,25,32)/t11?,12-,15-/m1/s1. The van der Waals surface area contributed by atoms with Crippen LogP contribution in [0.15, 0.2) is 12.1 Å². The zero-order chi connectivity index (χ0) is 22.6. The highest BCUT2D eigenvalue weighted by atomic mass is 19.2. The third kappa shape index (κ3) is 3.51. The van der Waals surface area contributed by atoms with Crippen molar-refractivity contribution in [2.75, 3.05) is 44.2 Å². The predicted molar refractivity (Wildman–Crippen MR) is 110 cm³/mol. The summed E-state index contributed by atoms with van der Waals surface area (Å²) in [5.41, 5.74) is 6.37. The van der Waals surface area contributed by atoms with Gasteiger partial charge in [0.25, 0.3) is 0 Å². The number of carbonyl (C=O) groups excluding carboxylic acids is 2. The average molecular weight is 451 g/mol. The third-order valence-electron chi connectivity index (χ3n) is 6.50. The molecule has 2 aromatic rings. The van der Waals surface area contributed by atoms with Crippen LogP contribution in [0.4, 0.5) is 23.9 Å². The van der Waals surface area contributed by atoms with Crippen molar-refractivity contribution in [3.05, 3.63) is 23.8 Å². The Kier molecular flexibility index (Phi) is 5.11. The monoisotopic (exact) mass is 451 g/mol. The van der Waals surface area contributed by atoms with Crippen molar-refractivity contribution >= 4 is 28.9 Å². The number of hydrogen-bond acceptors (Lipinski definition) is 5. The van der Waals surface area contributed by atoms with Gasteiger partial charge in [0.05, 0.1) is 23.1 Å². The number of urea groups is 1. The van der Waals surface area contributed by atoms with Crippen LogP contribution in [-0.2, 0) is 11.3 Å². The van der Waals surface area contributed by atoms with Crippen LogP contribution in [0.5, 0.6) is 0 Å². The Balaban J connectivity index is 1.44. The molecule has 1 aromatic carbocycles. The van der Waals surface area contributed by atoms with Crippen LogP contribution in [0.1, 0.15) is 6.42 Å². The Morgan fingerprint density at radius 3 is 2.75 bits per heavy atom. The highest BCUT2D eigenvalue weighted by molar-refractivity contribution is 5.84. The Morgan fingerprint density at radius 2 is 1.97 bits per heavy atom. The molecule has 3 N–H and O–H groups in total. The third-order valence-corrected chi connectivity index (χ3v) is 6.50. The molecule has 12 heteroatoms. The summed E-state index contributed by atoms with van der Waals surface area (Å²) in [4.78, 5) is 34.5. The molecule has 0 saturated carbocycles. The van der Waals surface area contributed by atoms with Gasteiger partial charge in [-0.25, -0.2) is 22.9 Å². The van der Waals surface area contributed by atoms with Gasteiger partial charge in [0, 0.05) is 51.4 Å². The second-order valence-electron chi connectivity index (χ2n) is 8.54. The van der Waals surface area contributed by atoms with Gasteiger partial charge in [0.1, 0.15) is 12.7 Å². The highest BCUT2D eigenvalue weighted by Crippen LogP contribution is 2.28. The lowest BCUT2D eigenvalue weighted by atomic mass is 10.1. The summed E-state index contributed by atoms with van der Waals surface area (Å²) in [7, 11) is 0. The van der Waals surface area contributed by atoms with E-state index < -0.39 is 23.8 Å². The summed E-state index contributed by atoms with van der Waals surface area (Å²) in [6.45, 7) is 2.03. The largest absolute Gasteiger partial charge is 0.340 e. The van der Waals surface area contributed by atoms with Crippen LogP contribution in [0, 0.1) is 11.6 Å². The summed E-state index contributed by atoms with van der Waals surface area (Å²) >= 11 is 0. The number of fused-ring (bicyclic) bond motifs is 2. The summed E-state index contributed by atoms with van der Waals surface area (Å²) < 4.78 is 43.3. The van der Waals surface area contributed by atoms with Crippen molar-refractivity contribution in [2.45, 2.75) is 31.2 Å². The first-order chi connectivity index (χ1) is 15.3. The van der Waals surface area contributed by atoms with Crippen LogP contribution in [0.3, 0.4) is 0 Å². The molecule has 0 aliphatic carbocycles. The van der Waals surface area contributed by atoms with E-state index in [-0.39, 0.29) is 48.5 Å². The van der Waals surface area contributed by atoms with E-state index in [1.165, 1.54) is 4.57 Å². The summed E-state index contributed by atoms with van der Waals surface area (Å²) in [6.07, 6.45) is -0.939. The van der Waals surface area contributed by atoms with Crippen LogP contribution >= 0.6 is 0 Å². The number of piperidine rings is 1. The van der Waals surface area contributed by atoms with Crippen molar-refractivity contribution in [3.8, 4) is 0 Å². The minimum absolute atomic E-state index is 0.0904. The number of imidazole rings is 1. The van der Waals surface area contributed by atoms with Crippen molar-refractivity contribution < 1.29 is 22.8 Å². The minimum atomic E-state index is -1.14. The second kappa shape index (κ2) is 7.84. The maximum atomic E-state index is 14.0. The number of carbonyl (C=O) groups is 2. The maximum absolute atomic E-state index is 14.0. The fraction of sp³-hybridized carbons (Fsp3) is 0.550. The van der Waals surface area contributed by atoms with Crippen LogP contribution < -0.4 is 16.0 Å². The number of hydrogen-bond donors (Lipinski definition) is 2. The maximum Gasteiger partial charge on any atom is 0.317 e. The topological polar surface area (TPSA) is 99.7 Å². The minimum Gasteiger partial charge on any atom is -0.340 e. The lowest BCUT2D eigenvalue weighted by molar-refractivity contribution is -0.133. The molecular formula is C20H24F3N7O2. The molecule has 3 amide bonds. The fourth-order valence-corrected chi connectivity index (χ4v) is 4.71. The van der Waals surface area contributed by atoms with E-state index in [0.29, 0.717) is 38.7 Å². The van der Waals surface area contributed by atoms with Gasteiger partial charge in [-0.3, -0.25) is 4.79 Å². The van der Waals surface area contributed by atoms with Crippen LogP contribution in [-0.4, -0.2) is 88.8 Å². The van der Waals surface area contributed by atoms with E-state index in [0.717, 1.165) is 12.1 Å². The van der Waals surface area contributed by atoms with Gasteiger partial charge in [0.15, 0.2) is 11.6 Å².